The number of nitriles is 1. The predicted octanol–water partition coefficient (Wildman–Crippen LogP) is 4.63. The van der Waals surface area contributed by atoms with E-state index in [0.717, 1.165) is 24.2 Å². The summed E-state index contributed by atoms with van der Waals surface area (Å²) in [4.78, 5) is 0. The second-order valence-corrected chi connectivity index (χ2v) is 6.86. The molecular formula is C15H27N. The van der Waals surface area contributed by atoms with Crippen LogP contribution in [0.2, 0.25) is 0 Å². The maximum absolute atomic E-state index is 8.78. The van der Waals surface area contributed by atoms with Gasteiger partial charge in [-0.25, -0.2) is 0 Å². The lowest BCUT2D eigenvalue weighted by Crippen LogP contribution is -2.33. The zero-order valence-corrected chi connectivity index (χ0v) is 11.6. The van der Waals surface area contributed by atoms with E-state index in [1.54, 1.807) is 0 Å². The zero-order chi connectivity index (χ0) is 12.3. The summed E-state index contributed by atoms with van der Waals surface area (Å²) in [6.07, 6.45) is 4.76. The molecule has 0 aliphatic heterocycles. The normalized spacial score (nSPS) is 33.1. The van der Waals surface area contributed by atoms with E-state index in [-0.39, 0.29) is 0 Å². The first kappa shape index (κ1) is 13.6. The van der Waals surface area contributed by atoms with Crippen LogP contribution in [0.1, 0.15) is 60.3 Å². The van der Waals surface area contributed by atoms with E-state index in [4.69, 9.17) is 5.26 Å². The Bertz CT molecular complexity index is 256. The number of hydrogen-bond acceptors (Lipinski definition) is 1. The Kier molecular flexibility index (Phi) is 4.42. The highest BCUT2D eigenvalue weighted by Crippen LogP contribution is 2.45. The van der Waals surface area contributed by atoms with E-state index in [2.05, 4.69) is 40.7 Å². The third kappa shape index (κ3) is 3.24. The molecule has 0 aromatic heterocycles. The highest BCUT2D eigenvalue weighted by molar-refractivity contribution is 4.88. The third-order valence-corrected chi connectivity index (χ3v) is 4.60. The standard InChI is InChI=1S/C15H27N/c1-11(8-9-16)14-7-6-13(10-12(14)2)15(3,4)5/h11-14H,6-8,10H2,1-5H3/t11?,12-,13+,14+/m1/s1. The van der Waals surface area contributed by atoms with Crippen LogP contribution < -0.4 is 0 Å². The highest BCUT2D eigenvalue weighted by Gasteiger charge is 2.35. The summed E-state index contributed by atoms with van der Waals surface area (Å²) < 4.78 is 0. The molecule has 4 atom stereocenters. The van der Waals surface area contributed by atoms with E-state index in [9.17, 15) is 0 Å². The topological polar surface area (TPSA) is 23.8 Å². The van der Waals surface area contributed by atoms with E-state index in [1.165, 1.54) is 19.3 Å². The first-order valence-corrected chi connectivity index (χ1v) is 6.73. The predicted molar refractivity (Wildman–Crippen MR) is 68.8 cm³/mol. The Morgan fingerprint density at radius 2 is 1.94 bits per heavy atom. The summed E-state index contributed by atoms with van der Waals surface area (Å²) in [7, 11) is 0. The van der Waals surface area contributed by atoms with Gasteiger partial charge >= 0.3 is 0 Å². The van der Waals surface area contributed by atoms with Crippen molar-refractivity contribution in [1.29, 1.82) is 5.26 Å². The summed E-state index contributed by atoms with van der Waals surface area (Å²) in [6, 6.07) is 2.33. The smallest absolute Gasteiger partial charge is 0.0624 e. The van der Waals surface area contributed by atoms with Crippen molar-refractivity contribution in [3.8, 4) is 6.07 Å². The summed E-state index contributed by atoms with van der Waals surface area (Å²) in [5.74, 6) is 3.02. The molecule has 0 saturated heterocycles. The largest absolute Gasteiger partial charge is 0.198 e. The Morgan fingerprint density at radius 3 is 2.38 bits per heavy atom. The molecule has 0 amide bonds. The molecule has 92 valence electrons. The minimum absolute atomic E-state index is 0.456. The van der Waals surface area contributed by atoms with Gasteiger partial charge in [0.1, 0.15) is 0 Å². The molecule has 0 aromatic carbocycles. The van der Waals surface area contributed by atoms with Crippen LogP contribution in [0.3, 0.4) is 0 Å². The van der Waals surface area contributed by atoms with Crippen molar-refractivity contribution in [3.63, 3.8) is 0 Å². The van der Waals surface area contributed by atoms with E-state index in [0.29, 0.717) is 11.3 Å². The zero-order valence-electron chi connectivity index (χ0n) is 11.6. The van der Waals surface area contributed by atoms with Crippen molar-refractivity contribution < 1.29 is 0 Å². The van der Waals surface area contributed by atoms with Crippen LogP contribution in [-0.2, 0) is 0 Å². The molecule has 0 heterocycles. The van der Waals surface area contributed by atoms with Crippen molar-refractivity contribution in [3.05, 3.63) is 0 Å². The fourth-order valence-corrected chi connectivity index (χ4v) is 3.35. The van der Waals surface area contributed by atoms with Gasteiger partial charge in [-0.3, -0.25) is 0 Å². The van der Waals surface area contributed by atoms with Gasteiger partial charge in [-0.1, -0.05) is 34.6 Å². The minimum Gasteiger partial charge on any atom is -0.198 e. The molecule has 1 nitrogen and oxygen atoms in total. The second-order valence-electron chi connectivity index (χ2n) is 6.86. The SMILES string of the molecule is CC(CC#N)[C@@H]1CC[C@H](C(C)(C)C)C[C@H]1C. The van der Waals surface area contributed by atoms with E-state index < -0.39 is 0 Å². The van der Waals surface area contributed by atoms with Gasteiger partial charge in [0, 0.05) is 6.42 Å². The third-order valence-electron chi connectivity index (χ3n) is 4.60. The molecular weight excluding hydrogens is 194 g/mol. The molecule has 1 saturated carbocycles. The molecule has 1 heteroatoms. The first-order chi connectivity index (χ1) is 7.36. The molecule has 0 radical (unpaired) electrons. The van der Waals surface area contributed by atoms with Crippen LogP contribution in [0.5, 0.6) is 0 Å². The van der Waals surface area contributed by atoms with Crippen LogP contribution in [-0.4, -0.2) is 0 Å². The molecule has 0 spiro atoms. The minimum atomic E-state index is 0.456. The lowest BCUT2D eigenvalue weighted by molar-refractivity contribution is 0.0817. The van der Waals surface area contributed by atoms with Crippen molar-refractivity contribution in [1.82, 2.24) is 0 Å². The molecule has 1 unspecified atom stereocenters. The lowest BCUT2D eigenvalue weighted by Gasteiger charge is -2.42. The molecule has 0 bridgehead atoms. The molecule has 0 N–H and O–H groups in total. The Hall–Kier alpha value is -0.510. The summed E-state index contributed by atoms with van der Waals surface area (Å²) in [6.45, 7) is 11.7. The molecule has 1 fully saturated rings. The summed E-state index contributed by atoms with van der Waals surface area (Å²) in [5, 5.41) is 8.78. The maximum Gasteiger partial charge on any atom is 0.0624 e. The Balaban J connectivity index is 2.56. The van der Waals surface area contributed by atoms with Crippen LogP contribution in [0.4, 0.5) is 0 Å². The second kappa shape index (κ2) is 5.21. The van der Waals surface area contributed by atoms with Gasteiger partial charge in [-0.15, -0.1) is 0 Å². The Labute approximate surface area is 101 Å². The fraction of sp³-hybridized carbons (Fsp3) is 0.933. The van der Waals surface area contributed by atoms with Crippen molar-refractivity contribution in [2.45, 2.75) is 60.3 Å². The van der Waals surface area contributed by atoms with Crippen molar-refractivity contribution >= 4 is 0 Å². The molecule has 16 heavy (non-hydrogen) atoms. The molecule has 1 aliphatic carbocycles. The van der Waals surface area contributed by atoms with E-state index >= 15 is 0 Å². The van der Waals surface area contributed by atoms with Crippen LogP contribution >= 0.6 is 0 Å². The van der Waals surface area contributed by atoms with Gasteiger partial charge in [0.15, 0.2) is 0 Å². The van der Waals surface area contributed by atoms with Gasteiger partial charge in [0.05, 0.1) is 6.07 Å². The van der Waals surface area contributed by atoms with Crippen LogP contribution in [0, 0.1) is 40.4 Å². The number of rotatable bonds is 2. The van der Waals surface area contributed by atoms with Crippen molar-refractivity contribution in [2.24, 2.45) is 29.1 Å². The van der Waals surface area contributed by atoms with Gasteiger partial charge in [0.25, 0.3) is 0 Å². The molecule has 1 aliphatic rings. The average molecular weight is 221 g/mol. The lowest BCUT2D eigenvalue weighted by atomic mass is 9.63. The summed E-state index contributed by atoms with van der Waals surface area (Å²) in [5.41, 5.74) is 0.456. The number of nitrogens with zero attached hydrogens (tertiary/aromatic N) is 1. The monoisotopic (exact) mass is 221 g/mol. The summed E-state index contributed by atoms with van der Waals surface area (Å²) >= 11 is 0. The average Bonchev–Trinajstić information content (AvgIpc) is 2.16. The van der Waals surface area contributed by atoms with Crippen LogP contribution in [0.15, 0.2) is 0 Å². The van der Waals surface area contributed by atoms with Gasteiger partial charge < -0.3 is 0 Å². The molecule has 0 aromatic rings. The maximum atomic E-state index is 8.78. The molecule has 1 rings (SSSR count). The van der Waals surface area contributed by atoms with Crippen LogP contribution in [0.25, 0.3) is 0 Å². The number of hydrogen-bond donors (Lipinski definition) is 0. The quantitative estimate of drug-likeness (QED) is 0.666. The van der Waals surface area contributed by atoms with Gasteiger partial charge in [-0.05, 0) is 48.3 Å². The Morgan fingerprint density at radius 1 is 1.31 bits per heavy atom. The van der Waals surface area contributed by atoms with E-state index in [1.807, 2.05) is 0 Å². The van der Waals surface area contributed by atoms with Gasteiger partial charge in [0.2, 0.25) is 0 Å². The fourth-order valence-electron chi connectivity index (χ4n) is 3.35. The highest BCUT2D eigenvalue weighted by atomic mass is 14.4. The van der Waals surface area contributed by atoms with Crippen molar-refractivity contribution in [2.75, 3.05) is 0 Å². The van der Waals surface area contributed by atoms with Gasteiger partial charge in [-0.2, -0.15) is 5.26 Å². The first-order valence-electron chi connectivity index (χ1n) is 6.73.